The fraction of sp³-hybridized carbons (Fsp3) is 0.300. The highest BCUT2D eigenvalue weighted by Gasteiger charge is 2.20. The van der Waals surface area contributed by atoms with Gasteiger partial charge in [0.1, 0.15) is 11.4 Å². The molecule has 0 bridgehead atoms. The van der Waals surface area contributed by atoms with Crippen molar-refractivity contribution in [3.05, 3.63) is 47.7 Å². The second kappa shape index (κ2) is 10.4. The lowest BCUT2D eigenvalue weighted by atomic mass is 10.3. The van der Waals surface area contributed by atoms with Gasteiger partial charge in [-0.15, -0.1) is 26.6 Å². The van der Waals surface area contributed by atoms with Crippen LogP contribution in [0, 0.1) is 0 Å². The van der Waals surface area contributed by atoms with Crippen LogP contribution < -0.4 is 4.74 Å². The number of thioether (sulfide) groups is 1. The molecule has 0 spiro atoms. The number of hydrogen-bond donors (Lipinski definition) is 0. The normalized spacial score (nSPS) is 10.9. The number of rotatable bonds is 10. The predicted molar refractivity (Wildman–Crippen MR) is 120 cm³/mol. The Bertz CT molecular complexity index is 1160. The number of amides is 1. The zero-order valence-electron chi connectivity index (χ0n) is 17.5. The van der Waals surface area contributed by atoms with Crippen LogP contribution in [0.5, 0.6) is 5.75 Å². The summed E-state index contributed by atoms with van der Waals surface area (Å²) in [4.78, 5) is 15.6. The van der Waals surface area contributed by atoms with Crippen molar-refractivity contribution in [1.29, 1.82) is 0 Å². The number of hydrogen-bond acceptors (Lipinski definition) is 10. The number of thiophene rings is 1. The summed E-state index contributed by atoms with van der Waals surface area (Å²) >= 11 is 2.78. The quantitative estimate of drug-likeness (QED) is 0.321. The highest BCUT2D eigenvalue weighted by atomic mass is 32.2. The van der Waals surface area contributed by atoms with E-state index in [0.29, 0.717) is 34.9 Å². The number of methoxy groups -OCH3 is 1. The van der Waals surface area contributed by atoms with Crippen LogP contribution in [0.4, 0.5) is 0 Å². The summed E-state index contributed by atoms with van der Waals surface area (Å²) in [6.07, 6.45) is 0.807. The van der Waals surface area contributed by atoms with Gasteiger partial charge in [0, 0.05) is 6.54 Å². The van der Waals surface area contributed by atoms with Crippen molar-refractivity contribution >= 4 is 29.0 Å². The minimum absolute atomic E-state index is 0.0673. The van der Waals surface area contributed by atoms with Crippen molar-refractivity contribution < 1.29 is 13.9 Å². The predicted octanol–water partition coefficient (Wildman–Crippen LogP) is 3.31. The summed E-state index contributed by atoms with van der Waals surface area (Å²) in [5.41, 5.74) is 0.701. The largest absolute Gasteiger partial charge is 0.494 e. The minimum Gasteiger partial charge on any atom is -0.494 e. The van der Waals surface area contributed by atoms with Crippen LogP contribution in [0.1, 0.15) is 19.2 Å². The van der Waals surface area contributed by atoms with Gasteiger partial charge in [-0.2, -0.15) is 4.68 Å². The molecule has 0 aliphatic carbocycles. The fourth-order valence-corrected chi connectivity index (χ4v) is 4.42. The van der Waals surface area contributed by atoms with Crippen LogP contribution in [-0.2, 0) is 11.3 Å². The topological polar surface area (TPSA) is 112 Å². The molecule has 1 aromatic carbocycles. The Morgan fingerprint density at radius 2 is 2.09 bits per heavy atom. The third kappa shape index (κ3) is 4.97. The molecule has 4 aromatic rings. The van der Waals surface area contributed by atoms with Crippen LogP contribution in [0.15, 0.2) is 51.4 Å². The van der Waals surface area contributed by atoms with Crippen LogP contribution in [0.3, 0.4) is 0 Å². The fourth-order valence-electron chi connectivity index (χ4n) is 2.98. The van der Waals surface area contributed by atoms with Crippen LogP contribution in [0.2, 0.25) is 0 Å². The van der Waals surface area contributed by atoms with E-state index in [1.165, 1.54) is 23.1 Å². The number of carbonyl (C=O) groups is 1. The maximum absolute atomic E-state index is 13.0. The van der Waals surface area contributed by atoms with Gasteiger partial charge in [0.25, 0.3) is 5.89 Å². The van der Waals surface area contributed by atoms with Crippen molar-refractivity contribution in [2.45, 2.75) is 25.0 Å². The smallest absolute Gasteiger partial charge is 0.257 e. The summed E-state index contributed by atoms with van der Waals surface area (Å²) in [5.74, 6) is 1.60. The first kappa shape index (κ1) is 22.0. The molecule has 0 saturated carbocycles. The maximum Gasteiger partial charge on any atom is 0.257 e. The lowest BCUT2D eigenvalue weighted by Crippen LogP contribution is -2.32. The van der Waals surface area contributed by atoms with E-state index in [0.717, 1.165) is 11.3 Å². The number of para-hydroxylation sites is 2. The highest BCUT2D eigenvalue weighted by molar-refractivity contribution is 7.99. The molecule has 0 saturated heterocycles. The molecule has 1 amide bonds. The molecular weight excluding hydrogens is 450 g/mol. The first-order valence-electron chi connectivity index (χ1n) is 9.88. The molecule has 0 N–H and O–H groups in total. The summed E-state index contributed by atoms with van der Waals surface area (Å²) in [6, 6.07) is 11.3. The Kier molecular flexibility index (Phi) is 7.12. The Labute approximate surface area is 192 Å². The van der Waals surface area contributed by atoms with E-state index < -0.39 is 0 Å². The summed E-state index contributed by atoms with van der Waals surface area (Å²) in [6.45, 7) is 2.84. The van der Waals surface area contributed by atoms with Gasteiger partial charge in [-0.05, 0) is 40.4 Å². The van der Waals surface area contributed by atoms with Gasteiger partial charge in [0.15, 0.2) is 0 Å². The van der Waals surface area contributed by atoms with Crippen molar-refractivity contribution in [3.8, 4) is 22.2 Å². The molecule has 0 aliphatic heterocycles. The highest BCUT2D eigenvalue weighted by Crippen LogP contribution is 2.26. The molecule has 32 heavy (non-hydrogen) atoms. The molecule has 12 heteroatoms. The number of tetrazole rings is 1. The molecular formula is C20H21N7O3S2. The van der Waals surface area contributed by atoms with Crippen molar-refractivity contribution in [2.75, 3.05) is 19.4 Å². The Morgan fingerprint density at radius 1 is 1.22 bits per heavy atom. The van der Waals surface area contributed by atoms with Crippen LogP contribution >= 0.6 is 23.1 Å². The number of nitrogens with zero attached hydrogens (tertiary/aromatic N) is 7. The molecule has 0 unspecified atom stereocenters. The lowest BCUT2D eigenvalue weighted by molar-refractivity contribution is -0.129. The van der Waals surface area contributed by atoms with Gasteiger partial charge in [-0.1, -0.05) is 36.9 Å². The summed E-state index contributed by atoms with van der Waals surface area (Å²) < 4.78 is 12.7. The molecule has 0 radical (unpaired) electrons. The van der Waals surface area contributed by atoms with Crippen LogP contribution in [0.25, 0.3) is 16.5 Å². The summed E-state index contributed by atoms with van der Waals surface area (Å²) in [7, 11) is 1.59. The van der Waals surface area contributed by atoms with Gasteiger partial charge in [0.2, 0.25) is 17.0 Å². The number of ether oxygens (including phenoxy) is 1. The maximum atomic E-state index is 13.0. The van der Waals surface area contributed by atoms with E-state index in [9.17, 15) is 4.79 Å². The van der Waals surface area contributed by atoms with E-state index in [2.05, 4.69) is 25.7 Å². The Balaban J connectivity index is 1.43. The second-order valence-corrected chi connectivity index (χ2v) is 8.52. The Hall–Kier alpha value is -3.25. The zero-order valence-corrected chi connectivity index (χ0v) is 19.2. The van der Waals surface area contributed by atoms with Gasteiger partial charge in [-0.25, -0.2) is 0 Å². The third-order valence-electron chi connectivity index (χ3n) is 4.45. The minimum atomic E-state index is -0.0673. The Morgan fingerprint density at radius 3 is 2.88 bits per heavy atom. The average molecular weight is 472 g/mol. The lowest BCUT2D eigenvalue weighted by Gasteiger charge is -2.20. The standard InChI is InChI=1S/C20H21N7O3S2/c1-3-10-26(12-17-21-22-19(30-17)16-9-6-11-31-16)18(28)13-32-20-23-24-25-27(20)14-7-4-5-8-15(14)29-2/h4-9,11H,3,10,12-13H2,1-2H3. The third-order valence-corrected chi connectivity index (χ3v) is 6.21. The second-order valence-electron chi connectivity index (χ2n) is 6.63. The van der Waals surface area contributed by atoms with Crippen molar-refractivity contribution in [2.24, 2.45) is 0 Å². The van der Waals surface area contributed by atoms with E-state index in [-0.39, 0.29) is 18.2 Å². The number of aromatic nitrogens is 6. The van der Waals surface area contributed by atoms with Crippen LogP contribution in [-0.4, -0.2) is 60.6 Å². The number of benzene rings is 1. The molecule has 0 aliphatic rings. The molecule has 0 atom stereocenters. The van der Waals surface area contributed by atoms with Gasteiger partial charge >= 0.3 is 0 Å². The average Bonchev–Trinajstić information content (AvgIpc) is 3.58. The molecule has 3 heterocycles. The van der Waals surface area contributed by atoms with Crippen molar-refractivity contribution in [3.63, 3.8) is 0 Å². The molecule has 166 valence electrons. The van der Waals surface area contributed by atoms with E-state index in [1.54, 1.807) is 16.7 Å². The summed E-state index contributed by atoms with van der Waals surface area (Å²) in [5, 5.41) is 22.5. The zero-order chi connectivity index (χ0) is 22.3. The van der Waals surface area contributed by atoms with Gasteiger partial charge in [0.05, 0.1) is 24.3 Å². The molecule has 3 aromatic heterocycles. The van der Waals surface area contributed by atoms with Gasteiger partial charge < -0.3 is 14.1 Å². The first-order chi connectivity index (χ1) is 15.7. The van der Waals surface area contributed by atoms with E-state index in [4.69, 9.17) is 9.15 Å². The first-order valence-corrected chi connectivity index (χ1v) is 11.7. The van der Waals surface area contributed by atoms with Gasteiger partial charge in [-0.3, -0.25) is 4.79 Å². The molecule has 0 fully saturated rings. The number of carbonyl (C=O) groups excluding carboxylic acids is 1. The monoisotopic (exact) mass is 471 g/mol. The molecule has 4 rings (SSSR count). The van der Waals surface area contributed by atoms with E-state index >= 15 is 0 Å². The van der Waals surface area contributed by atoms with Crippen molar-refractivity contribution in [1.82, 2.24) is 35.3 Å². The SMILES string of the molecule is CCCN(Cc1nnc(-c2cccs2)o1)C(=O)CSc1nnnn1-c1ccccc1OC. The van der Waals surface area contributed by atoms with E-state index in [1.807, 2.05) is 48.7 Å². The molecule has 10 nitrogen and oxygen atoms in total.